The van der Waals surface area contributed by atoms with E-state index >= 15 is 0 Å². The number of ether oxygens (including phenoxy) is 3. The summed E-state index contributed by atoms with van der Waals surface area (Å²) in [7, 11) is 2.49. The van der Waals surface area contributed by atoms with Gasteiger partial charge < -0.3 is 23.6 Å². The maximum atomic E-state index is 12.5. The fourth-order valence-electron chi connectivity index (χ4n) is 3.40. The molecule has 0 spiro atoms. The standard InChI is InChI=1S/C23H21N3O6/c1-14-6-4-7-15(10-14)20-24-21(32-25-20)16-8-5-9-17(11-16)26-13-31-12-18(22(27)29-2)19(26)23(28)30-3/h4-11H,12-13H2,1-3H3. The van der Waals surface area contributed by atoms with Gasteiger partial charge in [-0.25, -0.2) is 9.59 Å². The first-order chi connectivity index (χ1) is 15.5. The number of nitrogens with zero attached hydrogens (tertiary/aromatic N) is 3. The Morgan fingerprint density at radius 3 is 2.50 bits per heavy atom. The maximum Gasteiger partial charge on any atom is 0.355 e. The first-order valence-electron chi connectivity index (χ1n) is 9.78. The highest BCUT2D eigenvalue weighted by Crippen LogP contribution is 2.30. The molecule has 2 heterocycles. The third-order valence-corrected chi connectivity index (χ3v) is 4.94. The number of methoxy groups -OCH3 is 2. The average Bonchev–Trinajstić information content (AvgIpc) is 3.33. The SMILES string of the molecule is COC(=O)C1=C(C(=O)OC)N(c2cccc(-c3nc(-c4cccc(C)c4)no3)c2)COC1. The molecule has 1 aliphatic heterocycles. The summed E-state index contributed by atoms with van der Waals surface area (Å²) in [5.74, 6) is -0.541. The van der Waals surface area contributed by atoms with Crippen molar-refractivity contribution in [3.05, 3.63) is 65.4 Å². The van der Waals surface area contributed by atoms with Crippen molar-refractivity contribution in [3.63, 3.8) is 0 Å². The van der Waals surface area contributed by atoms with Gasteiger partial charge in [-0.1, -0.05) is 35.0 Å². The predicted molar refractivity (Wildman–Crippen MR) is 114 cm³/mol. The van der Waals surface area contributed by atoms with Crippen molar-refractivity contribution >= 4 is 17.6 Å². The number of rotatable bonds is 5. The monoisotopic (exact) mass is 435 g/mol. The molecule has 3 aromatic rings. The molecule has 0 aliphatic carbocycles. The van der Waals surface area contributed by atoms with E-state index < -0.39 is 11.9 Å². The molecule has 0 atom stereocenters. The molecule has 9 nitrogen and oxygen atoms in total. The third kappa shape index (κ3) is 4.10. The van der Waals surface area contributed by atoms with Crippen LogP contribution in [-0.4, -0.2) is 49.6 Å². The number of hydrogen-bond donors (Lipinski definition) is 0. The van der Waals surface area contributed by atoms with E-state index in [-0.39, 0.29) is 24.6 Å². The van der Waals surface area contributed by atoms with Gasteiger partial charge in [-0.05, 0) is 31.2 Å². The molecule has 1 aliphatic rings. The minimum atomic E-state index is -0.668. The van der Waals surface area contributed by atoms with Crippen LogP contribution in [-0.2, 0) is 23.8 Å². The van der Waals surface area contributed by atoms with Crippen LogP contribution in [0.5, 0.6) is 0 Å². The topological polar surface area (TPSA) is 104 Å². The quantitative estimate of drug-likeness (QED) is 0.559. The lowest BCUT2D eigenvalue weighted by Crippen LogP contribution is -2.38. The second-order valence-corrected chi connectivity index (χ2v) is 7.06. The summed E-state index contributed by atoms with van der Waals surface area (Å²) in [6.07, 6.45) is 0. The number of hydrogen-bond acceptors (Lipinski definition) is 9. The average molecular weight is 435 g/mol. The summed E-state index contributed by atoms with van der Waals surface area (Å²) < 4.78 is 20.7. The van der Waals surface area contributed by atoms with Crippen LogP contribution < -0.4 is 4.90 Å². The zero-order valence-electron chi connectivity index (χ0n) is 17.8. The predicted octanol–water partition coefficient (Wildman–Crippen LogP) is 3.11. The van der Waals surface area contributed by atoms with Crippen LogP contribution in [0.2, 0.25) is 0 Å². The van der Waals surface area contributed by atoms with Crippen LogP contribution in [0.1, 0.15) is 5.56 Å². The number of carbonyl (C=O) groups is 2. The molecule has 0 saturated carbocycles. The van der Waals surface area contributed by atoms with Gasteiger partial charge in [0.25, 0.3) is 5.89 Å². The highest BCUT2D eigenvalue weighted by atomic mass is 16.5. The van der Waals surface area contributed by atoms with Gasteiger partial charge in [0.1, 0.15) is 12.4 Å². The molecular formula is C23H21N3O6. The lowest BCUT2D eigenvalue weighted by atomic mass is 10.1. The van der Waals surface area contributed by atoms with Gasteiger partial charge in [-0.2, -0.15) is 4.98 Å². The van der Waals surface area contributed by atoms with Crippen molar-refractivity contribution in [1.82, 2.24) is 10.1 Å². The number of carbonyl (C=O) groups excluding carboxylic acids is 2. The lowest BCUT2D eigenvalue weighted by molar-refractivity contribution is -0.140. The summed E-state index contributed by atoms with van der Waals surface area (Å²) in [4.78, 5) is 30.7. The van der Waals surface area contributed by atoms with Crippen LogP contribution >= 0.6 is 0 Å². The van der Waals surface area contributed by atoms with Crippen LogP contribution in [0.4, 0.5) is 5.69 Å². The molecule has 0 fully saturated rings. The van der Waals surface area contributed by atoms with E-state index in [1.165, 1.54) is 14.2 Å². The van der Waals surface area contributed by atoms with Gasteiger partial charge in [-0.3, -0.25) is 0 Å². The first-order valence-corrected chi connectivity index (χ1v) is 9.78. The summed E-state index contributed by atoms with van der Waals surface area (Å²) in [5.41, 5.74) is 3.30. The van der Waals surface area contributed by atoms with Crippen LogP contribution in [0.15, 0.2) is 64.3 Å². The van der Waals surface area contributed by atoms with E-state index in [1.54, 1.807) is 23.1 Å². The summed E-state index contributed by atoms with van der Waals surface area (Å²) in [5, 5.41) is 4.08. The molecular weight excluding hydrogens is 414 g/mol. The molecule has 0 amide bonds. The normalized spacial score (nSPS) is 13.8. The molecule has 1 aromatic heterocycles. The Morgan fingerprint density at radius 1 is 1.00 bits per heavy atom. The Labute approximate surface area is 184 Å². The minimum Gasteiger partial charge on any atom is -0.466 e. The third-order valence-electron chi connectivity index (χ3n) is 4.94. The van der Waals surface area contributed by atoms with Crippen molar-refractivity contribution in [2.75, 3.05) is 32.5 Å². The van der Waals surface area contributed by atoms with Gasteiger partial charge >= 0.3 is 11.9 Å². The number of aromatic nitrogens is 2. The number of benzene rings is 2. The highest BCUT2D eigenvalue weighted by Gasteiger charge is 2.32. The van der Waals surface area contributed by atoms with E-state index in [0.717, 1.165) is 11.1 Å². The number of aryl methyl sites for hydroxylation is 1. The van der Waals surface area contributed by atoms with Crippen molar-refractivity contribution in [2.24, 2.45) is 0 Å². The molecule has 0 N–H and O–H groups in total. The van der Waals surface area contributed by atoms with Crippen molar-refractivity contribution in [1.29, 1.82) is 0 Å². The minimum absolute atomic E-state index is 0.0484. The van der Waals surface area contributed by atoms with Gasteiger partial charge in [-0.15, -0.1) is 0 Å². The second-order valence-electron chi connectivity index (χ2n) is 7.06. The smallest absolute Gasteiger partial charge is 0.355 e. The van der Waals surface area contributed by atoms with Gasteiger partial charge in [0.15, 0.2) is 0 Å². The summed E-state index contributed by atoms with van der Waals surface area (Å²) in [6.45, 7) is 1.98. The maximum absolute atomic E-state index is 12.5. The molecule has 0 radical (unpaired) electrons. The fraction of sp³-hybridized carbons (Fsp3) is 0.217. The number of esters is 2. The molecule has 0 unspecified atom stereocenters. The van der Waals surface area contributed by atoms with E-state index in [9.17, 15) is 9.59 Å². The Morgan fingerprint density at radius 2 is 1.75 bits per heavy atom. The Bertz CT molecular complexity index is 1200. The van der Waals surface area contributed by atoms with E-state index in [0.29, 0.717) is 23.0 Å². The summed E-state index contributed by atoms with van der Waals surface area (Å²) in [6, 6.07) is 14.9. The lowest BCUT2D eigenvalue weighted by Gasteiger charge is -2.31. The van der Waals surface area contributed by atoms with E-state index in [2.05, 4.69) is 10.1 Å². The molecule has 32 heavy (non-hydrogen) atoms. The van der Waals surface area contributed by atoms with E-state index in [1.807, 2.05) is 37.3 Å². The number of anilines is 1. The molecule has 0 bridgehead atoms. The van der Waals surface area contributed by atoms with Gasteiger partial charge in [0.05, 0.1) is 26.4 Å². The summed E-state index contributed by atoms with van der Waals surface area (Å²) >= 11 is 0. The molecule has 4 rings (SSSR count). The van der Waals surface area contributed by atoms with Crippen molar-refractivity contribution in [2.45, 2.75) is 6.92 Å². The molecule has 2 aromatic carbocycles. The molecule has 9 heteroatoms. The Kier molecular flexibility index (Phi) is 6.00. The van der Waals surface area contributed by atoms with Crippen LogP contribution in [0.3, 0.4) is 0 Å². The zero-order valence-corrected chi connectivity index (χ0v) is 17.8. The van der Waals surface area contributed by atoms with Crippen LogP contribution in [0.25, 0.3) is 22.8 Å². The molecule has 164 valence electrons. The zero-order chi connectivity index (χ0) is 22.7. The highest BCUT2D eigenvalue weighted by molar-refractivity contribution is 6.03. The van der Waals surface area contributed by atoms with Gasteiger partial charge in [0, 0.05) is 16.8 Å². The van der Waals surface area contributed by atoms with Crippen LogP contribution in [0, 0.1) is 6.92 Å². The van der Waals surface area contributed by atoms with Crippen molar-refractivity contribution < 1.29 is 28.3 Å². The fourth-order valence-corrected chi connectivity index (χ4v) is 3.40. The molecule has 0 saturated heterocycles. The largest absolute Gasteiger partial charge is 0.466 e. The Balaban J connectivity index is 1.71. The Hall–Kier alpha value is -3.98. The van der Waals surface area contributed by atoms with Crippen molar-refractivity contribution in [3.8, 4) is 22.8 Å². The second kappa shape index (κ2) is 9.03. The van der Waals surface area contributed by atoms with Gasteiger partial charge in [0.2, 0.25) is 5.82 Å². The van der Waals surface area contributed by atoms with E-state index in [4.69, 9.17) is 18.7 Å². The first kappa shape index (κ1) is 21.3.